The first-order valence-corrected chi connectivity index (χ1v) is 5.76. The fourth-order valence-corrected chi connectivity index (χ4v) is 2.03. The molecule has 1 aliphatic rings. The minimum atomic E-state index is 0.518. The van der Waals surface area contributed by atoms with Crippen LogP contribution in [0.5, 0.6) is 0 Å². The Balaban J connectivity index is 1.97. The van der Waals surface area contributed by atoms with E-state index < -0.39 is 0 Å². The molecule has 0 saturated heterocycles. The third-order valence-electron chi connectivity index (χ3n) is 2.81. The molecule has 0 aromatic carbocycles. The number of hydrogen-bond acceptors (Lipinski definition) is 2. The Kier molecular flexibility index (Phi) is 5.88. The molecular weight excluding hydrogens is 174 g/mol. The summed E-state index contributed by atoms with van der Waals surface area (Å²) < 4.78 is 5.80. The summed E-state index contributed by atoms with van der Waals surface area (Å²) in [6.07, 6.45) is 7.63. The molecule has 0 aliphatic heterocycles. The molecule has 1 fully saturated rings. The largest absolute Gasteiger partial charge is 0.377 e. The maximum atomic E-state index is 5.80. The van der Waals surface area contributed by atoms with Crippen LogP contribution in [0.15, 0.2) is 12.7 Å². The molecule has 2 heteroatoms. The minimum Gasteiger partial charge on any atom is -0.377 e. The maximum absolute atomic E-state index is 5.80. The maximum Gasteiger partial charge on any atom is 0.0594 e. The van der Waals surface area contributed by atoms with E-state index in [2.05, 4.69) is 18.8 Å². The Morgan fingerprint density at radius 2 is 2.36 bits per heavy atom. The molecule has 0 radical (unpaired) electrons. The molecule has 2 atom stereocenters. The van der Waals surface area contributed by atoms with E-state index in [1.54, 1.807) is 0 Å². The summed E-state index contributed by atoms with van der Waals surface area (Å²) in [5, 5.41) is 3.24. The second-order valence-electron chi connectivity index (χ2n) is 4.26. The fraction of sp³-hybridized carbons (Fsp3) is 0.833. The zero-order valence-electron chi connectivity index (χ0n) is 9.30. The minimum absolute atomic E-state index is 0.518. The number of hydrogen-bond donors (Lipinski definition) is 1. The van der Waals surface area contributed by atoms with Crippen LogP contribution < -0.4 is 5.32 Å². The summed E-state index contributed by atoms with van der Waals surface area (Å²) in [4.78, 5) is 0. The van der Waals surface area contributed by atoms with Crippen LogP contribution in [0.3, 0.4) is 0 Å². The number of nitrogens with one attached hydrogen (secondary N) is 1. The standard InChI is InChI=1S/C12H23NO/c1-3-7-13-8-9-14-12-6-4-5-11(2)10-12/h3,11-13H,1,4-10H2,2H3. The zero-order valence-corrected chi connectivity index (χ0v) is 9.30. The lowest BCUT2D eigenvalue weighted by Crippen LogP contribution is -2.26. The van der Waals surface area contributed by atoms with E-state index in [0.29, 0.717) is 6.10 Å². The topological polar surface area (TPSA) is 21.3 Å². The first kappa shape index (κ1) is 11.7. The molecule has 2 nitrogen and oxygen atoms in total. The van der Waals surface area contributed by atoms with E-state index in [9.17, 15) is 0 Å². The highest BCUT2D eigenvalue weighted by Crippen LogP contribution is 2.25. The fourth-order valence-electron chi connectivity index (χ4n) is 2.03. The van der Waals surface area contributed by atoms with Gasteiger partial charge in [-0.25, -0.2) is 0 Å². The second kappa shape index (κ2) is 7.02. The Bertz CT molecular complexity index is 158. The van der Waals surface area contributed by atoms with Gasteiger partial charge in [-0.3, -0.25) is 0 Å². The van der Waals surface area contributed by atoms with Crippen molar-refractivity contribution in [3.63, 3.8) is 0 Å². The van der Waals surface area contributed by atoms with E-state index in [1.807, 2.05) is 6.08 Å². The molecule has 0 aromatic heterocycles. The van der Waals surface area contributed by atoms with Crippen molar-refractivity contribution in [1.29, 1.82) is 0 Å². The van der Waals surface area contributed by atoms with Crippen molar-refractivity contribution in [1.82, 2.24) is 5.32 Å². The highest BCUT2D eigenvalue weighted by atomic mass is 16.5. The summed E-state index contributed by atoms with van der Waals surface area (Å²) in [5.74, 6) is 0.856. The zero-order chi connectivity index (χ0) is 10.2. The van der Waals surface area contributed by atoms with Crippen LogP contribution in [-0.2, 0) is 4.74 Å². The van der Waals surface area contributed by atoms with E-state index in [4.69, 9.17) is 4.74 Å². The molecule has 14 heavy (non-hydrogen) atoms. The molecule has 1 rings (SSSR count). The summed E-state index contributed by atoms with van der Waals surface area (Å²) in [5.41, 5.74) is 0. The monoisotopic (exact) mass is 197 g/mol. The Labute approximate surface area is 87.7 Å². The molecule has 0 aromatic rings. The lowest BCUT2D eigenvalue weighted by molar-refractivity contribution is 0.0177. The van der Waals surface area contributed by atoms with Crippen molar-refractivity contribution in [2.75, 3.05) is 19.7 Å². The van der Waals surface area contributed by atoms with Crippen LogP contribution in [0.2, 0.25) is 0 Å². The van der Waals surface area contributed by atoms with E-state index in [0.717, 1.165) is 25.6 Å². The predicted molar refractivity (Wildman–Crippen MR) is 60.4 cm³/mol. The van der Waals surface area contributed by atoms with E-state index in [1.165, 1.54) is 25.7 Å². The first-order chi connectivity index (χ1) is 6.83. The molecule has 0 bridgehead atoms. The van der Waals surface area contributed by atoms with Crippen LogP contribution >= 0.6 is 0 Å². The molecule has 2 unspecified atom stereocenters. The first-order valence-electron chi connectivity index (χ1n) is 5.76. The quantitative estimate of drug-likeness (QED) is 0.521. The van der Waals surface area contributed by atoms with Crippen molar-refractivity contribution < 1.29 is 4.74 Å². The van der Waals surface area contributed by atoms with Gasteiger partial charge in [0.05, 0.1) is 12.7 Å². The van der Waals surface area contributed by atoms with Crippen LogP contribution in [-0.4, -0.2) is 25.8 Å². The summed E-state index contributed by atoms with van der Waals surface area (Å²) in [6, 6.07) is 0. The lowest BCUT2D eigenvalue weighted by Gasteiger charge is -2.26. The second-order valence-corrected chi connectivity index (χ2v) is 4.26. The van der Waals surface area contributed by atoms with Crippen LogP contribution in [0, 0.1) is 5.92 Å². The van der Waals surface area contributed by atoms with Crippen molar-refractivity contribution in [2.24, 2.45) is 5.92 Å². The van der Waals surface area contributed by atoms with Gasteiger partial charge in [-0.1, -0.05) is 25.8 Å². The van der Waals surface area contributed by atoms with Crippen molar-refractivity contribution in [3.8, 4) is 0 Å². The summed E-state index contributed by atoms with van der Waals surface area (Å²) >= 11 is 0. The van der Waals surface area contributed by atoms with Gasteiger partial charge in [-0.2, -0.15) is 0 Å². The third-order valence-corrected chi connectivity index (χ3v) is 2.81. The average Bonchev–Trinajstić information content (AvgIpc) is 2.18. The third kappa shape index (κ3) is 4.77. The predicted octanol–water partition coefficient (Wildman–Crippen LogP) is 2.36. The SMILES string of the molecule is C=CCNCCOC1CCCC(C)C1. The van der Waals surface area contributed by atoms with Gasteiger partial charge in [-0.15, -0.1) is 6.58 Å². The smallest absolute Gasteiger partial charge is 0.0594 e. The summed E-state index contributed by atoms with van der Waals surface area (Å²) in [6.45, 7) is 8.64. The highest BCUT2D eigenvalue weighted by Gasteiger charge is 2.18. The van der Waals surface area contributed by atoms with Gasteiger partial charge in [0, 0.05) is 13.1 Å². The average molecular weight is 197 g/mol. The number of rotatable bonds is 6. The summed E-state index contributed by atoms with van der Waals surface area (Å²) in [7, 11) is 0. The van der Waals surface area contributed by atoms with E-state index in [-0.39, 0.29) is 0 Å². The Morgan fingerprint density at radius 3 is 3.07 bits per heavy atom. The highest BCUT2D eigenvalue weighted by molar-refractivity contribution is 4.71. The van der Waals surface area contributed by atoms with Gasteiger partial charge in [-0.05, 0) is 18.8 Å². The van der Waals surface area contributed by atoms with Crippen LogP contribution in [0.1, 0.15) is 32.6 Å². The molecule has 1 aliphatic carbocycles. The van der Waals surface area contributed by atoms with Crippen molar-refractivity contribution in [2.45, 2.75) is 38.7 Å². The molecular formula is C12H23NO. The van der Waals surface area contributed by atoms with Crippen molar-refractivity contribution in [3.05, 3.63) is 12.7 Å². The van der Waals surface area contributed by atoms with Crippen LogP contribution in [0.25, 0.3) is 0 Å². The van der Waals surface area contributed by atoms with Gasteiger partial charge >= 0.3 is 0 Å². The van der Waals surface area contributed by atoms with Gasteiger partial charge < -0.3 is 10.1 Å². The van der Waals surface area contributed by atoms with Gasteiger partial charge in [0.25, 0.3) is 0 Å². The molecule has 1 N–H and O–H groups in total. The van der Waals surface area contributed by atoms with E-state index >= 15 is 0 Å². The van der Waals surface area contributed by atoms with Gasteiger partial charge in [0.1, 0.15) is 0 Å². The molecule has 0 spiro atoms. The Morgan fingerprint density at radius 1 is 1.50 bits per heavy atom. The molecule has 0 heterocycles. The van der Waals surface area contributed by atoms with Gasteiger partial charge in [0.2, 0.25) is 0 Å². The molecule has 1 saturated carbocycles. The van der Waals surface area contributed by atoms with Crippen molar-refractivity contribution >= 4 is 0 Å². The van der Waals surface area contributed by atoms with Gasteiger partial charge in [0.15, 0.2) is 0 Å². The molecule has 82 valence electrons. The van der Waals surface area contributed by atoms with Crippen LogP contribution in [0.4, 0.5) is 0 Å². The normalized spacial score (nSPS) is 27.5. The molecule has 0 amide bonds. The number of ether oxygens (including phenoxy) is 1. The lowest BCUT2D eigenvalue weighted by atomic mass is 9.89. The Hall–Kier alpha value is -0.340.